The zero-order valence-corrected chi connectivity index (χ0v) is 9.06. The van der Waals surface area contributed by atoms with E-state index in [1.807, 2.05) is 0 Å². The maximum absolute atomic E-state index is 9.48. The van der Waals surface area contributed by atoms with E-state index in [0.29, 0.717) is 26.3 Å². The van der Waals surface area contributed by atoms with Crippen LogP contribution in [0.1, 0.15) is 0 Å². The van der Waals surface area contributed by atoms with Gasteiger partial charge < -0.3 is 30.1 Å². The lowest BCUT2D eigenvalue weighted by atomic mass is 10.2. The number of hydrogen-bond donors (Lipinski definition) is 4. The minimum absolute atomic E-state index is 0.0128. The molecule has 0 aromatic rings. The number of aliphatic hydroxyl groups excluding tert-OH is 3. The summed E-state index contributed by atoms with van der Waals surface area (Å²) < 4.78 is 9.86. The molecular formula is C9H21NO5. The highest BCUT2D eigenvalue weighted by atomic mass is 16.5. The molecule has 0 fully saturated rings. The van der Waals surface area contributed by atoms with Gasteiger partial charge in [-0.25, -0.2) is 0 Å². The lowest BCUT2D eigenvalue weighted by Gasteiger charge is -2.19. The summed E-state index contributed by atoms with van der Waals surface area (Å²) in [5.41, 5.74) is 0. The molecule has 0 aliphatic heterocycles. The van der Waals surface area contributed by atoms with E-state index in [0.717, 1.165) is 0 Å². The van der Waals surface area contributed by atoms with Crippen molar-refractivity contribution in [1.29, 1.82) is 0 Å². The summed E-state index contributed by atoms with van der Waals surface area (Å²) in [7, 11) is 1.44. The van der Waals surface area contributed by atoms with Gasteiger partial charge in [-0.3, -0.25) is 0 Å². The second-order valence-electron chi connectivity index (χ2n) is 3.06. The number of hydrogen-bond acceptors (Lipinski definition) is 6. The third kappa shape index (κ3) is 7.66. The molecule has 4 N–H and O–H groups in total. The van der Waals surface area contributed by atoms with Crippen molar-refractivity contribution in [3.05, 3.63) is 0 Å². The van der Waals surface area contributed by atoms with Gasteiger partial charge in [0, 0.05) is 20.2 Å². The van der Waals surface area contributed by atoms with Crippen LogP contribution in [0, 0.1) is 0 Å². The van der Waals surface area contributed by atoms with Crippen LogP contribution in [0.3, 0.4) is 0 Å². The van der Waals surface area contributed by atoms with Gasteiger partial charge in [0.15, 0.2) is 0 Å². The van der Waals surface area contributed by atoms with E-state index in [2.05, 4.69) is 5.32 Å². The quantitative estimate of drug-likeness (QED) is 0.319. The fraction of sp³-hybridized carbons (Fsp3) is 1.00. The number of rotatable bonds is 10. The molecule has 2 atom stereocenters. The average molecular weight is 223 g/mol. The highest BCUT2D eigenvalue weighted by molar-refractivity contribution is 4.69. The van der Waals surface area contributed by atoms with Crippen molar-refractivity contribution in [3.8, 4) is 0 Å². The first-order valence-electron chi connectivity index (χ1n) is 4.97. The van der Waals surface area contributed by atoms with Crippen molar-refractivity contribution in [2.75, 3.05) is 46.6 Å². The monoisotopic (exact) mass is 223 g/mol. The van der Waals surface area contributed by atoms with Gasteiger partial charge in [0.2, 0.25) is 0 Å². The predicted octanol–water partition coefficient (Wildman–Crippen LogP) is -2.05. The highest BCUT2D eigenvalue weighted by Crippen LogP contribution is 1.95. The first kappa shape index (κ1) is 14.8. The topological polar surface area (TPSA) is 91.2 Å². The van der Waals surface area contributed by atoms with E-state index in [9.17, 15) is 5.11 Å². The molecule has 2 unspecified atom stereocenters. The molecule has 0 radical (unpaired) electrons. The van der Waals surface area contributed by atoms with Crippen LogP contribution in [0.4, 0.5) is 0 Å². The van der Waals surface area contributed by atoms with Crippen LogP contribution in [0.15, 0.2) is 0 Å². The molecular weight excluding hydrogens is 202 g/mol. The first-order valence-corrected chi connectivity index (χ1v) is 4.97. The second kappa shape index (κ2) is 10.3. The Kier molecular flexibility index (Phi) is 10.1. The molecule has 92 valence electrons. The molecule has 0 bridgehead atoms. The van der Waals surface area contributed by atoms with E-state index in [4.69, 9.17) is 19.7 Å². The summed E-state index contributed by atoms with van der Waals surface area (Å²) in [5, 5.41) is 29.7. The molecule has 0 aromatic heterocycles. The fourth-order valence-electron chi connectivity index (χ4n) is 1.05. The van der Waals surface area contributed by atoms with Crippen LogP contribution < -0.4 is 5.32 Å². The molecule has 0 aliphatic rings. The van der Waals surface area contributed by atoms with Crippen LogP contribution in [-0.2, 0) is 9.47 Å². The van der Waals surface area contributed by atoms with E-state index < -0.39 is 12.2 Å². The molecule has 15 heavy (non-hydrogen) atoms. The normalized spacial score (nSPS) is 15.2. The van der Waals surface area contributed by atoms with Crippen molar-refractivity contribution in [2.24, 2.45) is 0 Å². The first-order chi connectivity index (χ1) is 7.26. The van der Waals surface area contributed by atoms with E-state index >= 15 is 0 Å². The minimum Gasteiger partial charge on any atom is -0.394 e. The van der Waals surface area contributed by atoms with Crippen LogP contribution in [0.25, 0.3) is 0 Å². The SMILES string of the molecule is COC(CO)C(O)CNCCOCCO. The summed E-state index contributed by atoms with van der Waals surface area (Å²) in [6, 6.07) is 0. The van der Waals surface area contributed by atoms with Gasteiger partial charge in [-0.05, 0) is 0 Å². The van der Waals surface area contributed by atoms with Gasteiger partial charge in [-0.2, -0.15) is 0 Å². The van der Waals surface area contributed by atoms with Gasteiger partial charge in [0.1, 0.15) is 6.10 Å². The minimum atomic E-state index is -0.738. The van der Waals surface area contributed by atoms with Gasteiger partial charge in [0.05, 0.1) is 32.5 Å². The van der Waals surface area contributed by atoms with E-state index in [1.165, 1.54) is 7.11 Å². The molecule has 0 heterocycles. The van der Waals surface area contributed by atoms with Gasteiger partial charge >= 0.3 is 0 Å². The van der Waals surface area contributed by atoms with Crippen molar-refractivity contribution >= 4 is 0 Å². The lowest BCUT2D eigenvalue weighted by molar-refractivity contribution is -0.0401. The van der Waals surface area contributed by atoms with Crippen molar-refractivity contribution < 1.29 is 24.8 Å². The summed E-state index contributed by atoms with van der Waals surface area (Å²) in [6.45, 7) is 1.52. The van der Waals surface area contributed by atoms with Gasteiger partial charge in [0.25, 0.3) is 0 Å². The number of ether oxygens (including phenoxy) is 2. The second-order valence-corrected chi connectivity index (χ2v) is 3.06. The Balaban J connectivity index is 3.33. The number of nitrogens with one attached hydrogen (secondary N) is 1. The molecule has 0 rings (SSSR count). The van der Waals surface area contributed by atoms with Crippen LogP contribution in [0.2, 0.25) is 0 Å². The van der Waals surface area contributed by atoms with Crippen molar-refractivity contribution in [3.63, 3.8) is 0 Å². The van der Waals surface area contributed by atoms with Crippen LogP contribution in [-0.4, -0.2) is 74.2 Å². The molecule has 0 saturated carbocycles. The predicted molar refractivity (Wildman–Crippen MR) is 54.7 cm³/mol. The van der Waals surface area contributed by atoms with Crippen LogP contribution in [0.5, 0.6) is 0 Å². The van der Waals surface area contributed by atoms with E-state index in [-0.39, 0.29) is 13.2 Å². The summed E-state index contributed by atoms with van der Waals surface area (Å²) in [4.78, 5) is 0. The average Bonchev–Trinajstić information content (AvgIpc) is 2.25. The standard InChI is InChI=1S/C9H21NO5/c1-14-9(7-12)8(13)6-10-2-4-15-5-3-11/h8-13H,2-7H2,1H3. The highest BCUT2D eigenvalue weighted by Gasteiger charge is 2.16. The molecule has 0 spiro atoms. The Labute approximate surface area is 89.8 Å². The Morgan fingerprint density at radius 2 is 2.00 bits per heavy atom. The number of aliphatic hydroxyl groups is 3. The largest absolute Gasteiger partial charge is 0.394 e. The maximum atomic E-state index is 9.48. The Morgan fingerprint density at radius 1 is 1.27 bits per heavy atom. The third-order valence-corrected chi connectivity index (χ3v) is 1.92. The summed E-state index contributed by atoms with van der Waals surface area (Å²) in [5.74, 6) is 0. The lowest BCUT2D eigenvalue weighted by Crippen LogP contribution is -2.40. The zero-order chi connectivity index (χ0) is 11.5. The zero-order valence-electron chi connectivity index (χ0n) is 9.06. The summed E-state index contributed by atoms with van der Waals surface area (Å²) >= 11 is 0. The maximum Gasteiger partial charge on any atom is 0.107 e. The smallest absolute Gasteiger partial charge is 0.107 e. The Morgan fingerprint density at radius 3 is 2.53 bits per heavy atom. The van der Waals surface area contributed by atoms with Crippen molar-refractivity contribution in [2.45, 2.75) is 12.2 Å². The molecule has 0 amide bonds. The number of methoxy groups -OCH3 is 1. The van der Waals surface area contributed by atoms with Crippen LogP contribution >= 0.6 is 0 Å². The Bertz CT molecular complexity index is 132. The molecule has 0 saturated heterocycles. The van der Waals surface area contributed by atoms with Gasteiger partial charge in [-0.15, -0.1) is 0 Å². The summed E-state index contributed by atoms with van der Waals surface area (Å²) in [6.07, 6.45) is -1.30. The third-order valence-electron chi connectivity index (χ3n) is 1.92. The van der Waals surface area contributed by atoms with Crippen molar-refractivity contribution in [1.82, 2.24) is 5.32 Å². The Hall–Kier alpha value is -0.240. The van der Waals surface area contributed by atoms with E-state index in [1.54, 1.807) is 0 Å². The molecule has 6 heteroatoms. The fourth-order valence-corrected chi connectivity index (χ4v) is 1.05. The van der Waals surface area contributed by atoms with Gasteiger partial charge in [-0.1, -0.05) is 0 Å². The molecule has 6 nitrogen and oxygen atoms in total. The molecule has 0 aliphatic carbocycles. The molecule has 0 aromatic carbocycles.